The van der Waals surface area contributed by atoms with Crippen LogP contribution in [0.2, 0.25) is 0 Å². The van der Waals surface area contributed by atoms with E-state index in [4.69, 9.17) is 0 Å². The predicted molar refractivity (Wildman–Crippen MR) is 51.2 cm³/mol. The lowest BCUT2D eigenvalue weighted by Gasteiger charge is -2.35. The number of hydrogen-bond donors (Lipinski definition) is 1. The van der Waals surface area contributed by atoms with Gasteiger partial charge in [-0.05, 0) is 12.8 Å². The quantitative estimate of drug-likeness (QED) is 0.563. The average Bonchev–Trinajstić information content (AvgIpc) is 1.89. The van der Waals surface area contributed by atoms with Gasteiger partial charge >= 0.3 is 0 Å². The van der Waals surface area contributed by atoms with E-state index in [0.29, 0.717) is 0 Å². The van der Waals surface area contributed by atoms with Crippen LogP contribution in [0.25, 0.3) is 0 Å². The molecule has 0 bridgehead atoms. The summed E-state index contributed by atoms with van der Waals surface area (Å²) < 4.78 is -0.148. The minimum Gasteiger partial charge on any atom is -0.382 e. The molecule has 1 atom stereocenters. The molecule has 1 saturated carbocycles. The number of rotatable bonds is 1. The number of aliphatic hydroxyl groups excluding tert-OH is 1. The summed E-state index contributed by atoms with van der Waals surface area (Å²) in [5.41, 5.74) is 0.221. The van der Waals surface area contributed by atoms with Crippen molar-refractivity contribution in [1.29, 1.82) is 0 Å². The van der Waals surface area contributed by atoms with Crippen LogP contribution in [0.5, 0.6) is 0 Å². The van der Waals surface area contributed by atoms with Crippen LogP contribution in [-0.2, 0) is 0 Å². The van der Waals surface area contributed by atoms with Crippen molar-refractivity contribution in [2.45, 2.75) is 43.1 Å². The monoisotopic (exact) mass is 254 g/mol. The van der Waals surface area contributed by atoms with Crippen LogP contribution in [0, 0.1) is 5.41 Å². The van der Waals surface area contributed by atoms with Crippen molar-refractivity contribution < 1.29 is 5.11 Å². The Bertz CT molecular complexity index is 106. The van der Waals surface area contributed by atoms with Crippen LogP contribution in [0.1, 0.15) is 39.0 Å². The molecule has 0 radical (unpaired) electrons. The van der Waals surface area contributed by atoms with Gasteiger partial charge in [0.2, 0.25) is 0 Å². The maximum absolute atomic E-state index is 9.42. The van der Waals surface area contributed by atoms with Crippen LogP contribution >= 0.6 is 22.6 Å². The van der Waals surface area contributed by atoms with E-state index in [2.05, 4.69) is 29.5 Å². The third kappa shape index (κ3) is 1.84. The third-order valence-corrected chi connectivity index (χ3v) is 4.07. The second-order valence-electron chi connectivity index (χ2n) is 3.55. The second kappa shape index (κ2) is 3.39. The van der Waals surface area contributed by atoms with Gasteiger partial charge in [0.25, 0.3) is 0 Å². The highest BCUT2D eigenvalue weighted by atomic mass is 127. The minimum atomic E-state index is -0.148. The molecular weight excluding hydrogens is 239 g/mol. The van der Waals surface area contributed by atoms with Crippen molar-refractivity contribution in [3.05, 3.63) is 0 Å². The van der Waals surface area contributed by atoms with Gasteiger partial charge in [-0.2, -0.15) is 0 Å². The second-order valence-corrected chi connectivity index (χ2v) is 4.73. The summed E-state index contributed by atoms with van der Waals surface area (Å²) in [7, 11) is 0. The highest BCUT2D eigenvalue weighted by Crippen LogP contribution is 2.40. The Morgan fingerprint density at radius 3 is 2.10 bits per heavy atom. The van der Waals surface area contributed by atoms with Crippen LogP contribution in [0.4, 0.5) is 0 Å². The lowest BCUT2D eigenvalue weighted by atomic mass is 9.76. The molecule has 0 heterocycles. The van der Waals surface area contributed by atoms with Crippen molar-refractivity contribution in [2.75, 3.05) is 0 Å². The van der Waals surface area contributed by atoms with Crippen molar-refractivity contribution in [3.63, 3.8) is 0 Å². The summed E-state index contributed by atoms with van der Waals surface area (Å²) in [4.78, 5) is 0. The normalized spacial score (nSPS) is 27.9. The Morgan fingerprint density at radius 1 is 1.30 bits per heavy atom. The van der Waals surface area contributed by atoms with Gasteiger partial charge in [0, 0.05) is 5.41 Å². The Kier molecular flexibility index (Phi) is 2.98. The summed E-state index contributed by atoms with van der Waals surface area (Å²) in [6.07, 6.45) is 6.38. The van der Waals surface area contributed by atoms with E-state index < -0.39 is 0 Å². The standard InChI is InChI=1S/C8H15IO/c1-8(7(9)10)5-3-2-4-6-8/h7,10H,2-6H2,1H3. The number of halogens is 1. The maximum Gasteiger partial charge on any atom is 0.110 e. The van der Waals surface area contributed by atoms with Crippen molar-refractivity contribution in [3.8, 4) is 0 Å². The highest BCUT2D eigenvalue weighted by Gasteiger charge is 2.32. The fourth-order valence-electron chi connectivity index (χ4n) is 1.60. The molecule has 1 N–H and O–H groups in total. The number of aliphatic hydroxyl groups is 1. The van der Waals surface area contributed by atoms with E-state index in [9.17, 15) is 5.11 Å². The number of hydrogen-bond acceptors (Lipinski definition) is 1. The molecule has 0 spiro atoms. The Balaban J connectivity index is 2.48. The first kappa shape index (κ1) is 8.78. The fraction of sp³-hybridized carbons (Fsp3) is 1.00. The first-order valence-electron chi connectivity index (χ1n) is 3.97. The van der Waals surface area contributed by atoms with E-state index in [0.717, 1.165) is 0 Å². The summed E-state index contributed by atoms with van der Waals surface area (Å²) in [6, 6.07) is 0. The lowest BCUT2D eigenvalue weighted by Crippen LogP contribution is -2.29. The molecule has 1 rings (SSSR count). The van der Waals surface area contributed by atoms with Crippen LogP contribution < -0.4 is 0 Å². The molecule has 0 aromatic heterocycles. The van der Waals surface area contributed by atoms with E-state index in [1.54, 1.807) is 0 Å². The number of alkyl halides is 1. The van der Waals surface area contributed by atoms with Crippen molar-refractivity contribution in [1.82, 2.24) is 0 Å². The van der Waals surface area contributed by atoms with Gasteiger partial charge in [0.1, 0.15) is 4.11 Å². The lowest BCUT2D eigenvalue weighted by molar-refractivity contribution is 0.0853. The zero-order valence-electron chi connectivity index (χ0n) is 6.44. The van der Waals surface area contributed by atoms with Crippen molar-refractivity contribution in [2.24, 2.45) is 5.41 Å². The van der Waals surface area contributed by atoms with Gasteiger partial charge in [-0.25, -0.2) is 0 Å². The van der Waals surface area contributed by atoms with Crippen LogP contribution in [0.15, 0.2) is 0 Å². The smallest absolute Gasteiger partial charge is 0.110 e. The van der Waals surface area contributed by atoms with E-state index in [1.807, 2.05) is 0 Å². The predicted octanol–water partition coefficient (Wildman–Crippen LogP) is 2.71. The summed E-state index contributed by atoms with van der Waals surface area (Å²) in [5.74, 6) is 0. The highest BCUT2D eigenvalue weighted by molar-refractivity contribution is 14.1. The Labute approximate surface area is 76.3 Å². The molecule has 0 aliphatic heterocycles. The van der Waals surface area contributed by atoms with E-state index in [1.165, 1.54) is 32.1 Å². The van der Waals surface area contributed by atoms with Gasteiger partial charge < -0.3 is 5.11 Å². The molecule has 0 saturated heterocycles. The van der Waals surface area contributed by atoms with Gasteiger partial charge in [-0.1, -0.05) is 48.8 Å². The van der Waals surface area contributed by atoms with E-state index in [-0.39, 0.29) is 9.53 Å². The molecule has 1 aliphatic carbocycles. The van der Waals surface area contributed by atoms with E-state index >= 15 is 0 Å². The molecule has 0 aromatic rings. The molecule has 1 aliphatic rings. The Hall–Kier alpha value is 0.690. The van der Waals surface area contributed by atoms with Gasteiger partial charge in [-0.3, -0.25) is 0 Å². The average molecular weight is 254 g/mol. The summed E-state index contributed by atoms with van der Waals surface area (Å²) >= 11 is 2.13. The third-order valence-electron chi connectivity index (χ3n) is 2.57. The SMILES string of the molecule is CC1(C(O)I)CCCCC1. The zero-order valence-corrected chi connectivity index (χ0v) is 8.60. The minimum absolute atomic E-state index is 0.148. The first-order valence-corrected chi connectivity index (χ1v) is 5.22. The topological polar surface area (TPSA) is 20.2 Å². The molecule has 1 nitrogen and oxygen atoms in total. The van der Waals surface area contributed by atoms with Crippen LogP contribution in [0.3, 0.4) is 0 Å². The molecule has 0 aromatic carbocycles. The Morgan fingerprint density at radius 2 is 1.80 bits per heavy atom. The first-order chi connectivity index (χ1) is 4.65. The fourth-order valence-corrected chi connectivity index (χ4v) is 2.22. The van der Waals surface area contributed by atoms with Gasteiger partial charge in [0.15, 0.2) is 0 Å². The molecule has 1 fully saturated rings. The molecule has 60 valence electrons. The van der Waals surface area contributed by atoms with Crippen molar-refractivity contribution >= 4 is 22.6 Å². The molecule has 2 heteroatoms. The van der Waals surface area contributed by atoms with Gasteiger partial charge in [-0.15, -0.1) is 0 Å². The maximum atomic E-state index is 9.42. The van der Waals surface area contributed by atoms with Crippen LogP contribution in [-0.4, -0.2) is 9.22 Å². The van der Waals surface area contributed by atoms with Gasteiger partial charge in [0.05, 0.1) is 0 Å². The zero-order chi connectivity index (χ0) is 7.61. The summed E-state index contributed by atoms with van der Waals surface area (Å²) in [5, 5.41) is 9.42. The molecule has 1 unspecified atom stereocenters. The summed E-state index contributed by atoms with van der Waals surface area (Å²) in [6.45, 7) is 2.20. The molecule has 0 amide bonds. The largest absolute Gasteiger partial charge is 0.382 e. The molecule has 10 heavy (non-hydrogen) atoms. The molecular formula is C8H15IO.